The molecule has 0 fully saturated rings. The second kappa shape index (κ2) is 4.18. The first-order valence-electron chi connectivity index (χ1n) is 4.04. The molecule has 1 rings (SSSR count). The van der Waals surface area contributed by atoms with E-state index in [1.807, 2.05) is 43.5 Å². The highest BCUT2D eigenvalue weighted by atomic mass is 15.5. The van der Waals surface area contributed by atoms with Crippen molar-refractivity contribution in [2.45, 2.75) is 13.0 Å². The van der Waals surface area contributed by atoms with Crippen molar-refractivity contribution in [1.82, 2.24) is 15.4 Å². The predicted molar refractivity (Wildman–Crippen MR) is 49.5 cm³/mol. The standard InChI is InChI=1S/C9H15N3/c1-8(11-12(2)3)9-6-4-5-7-10-9/h4-8,11H,1-3H3. The van der Waals surface area contributed by atoms with Crippen molar-refractivity contribution in [2.75, 3.05) is 14.1 Å². The van der Waals surface area contributed by atoms with Crippen LogP contribution in [0.4, 0.5) is 0 Å². The molecule has 0 saturated heterocycles. The lowest BCUT2D eigenvalue weighted by Gasteiger charge is -2.18. The summed E-state index contributed by atoms with van der Waals surface area (Å²) < 4.78 is 0. The van der Waals surface area contributed by atoms with Crippen LogP contribution in [0.3, 0.4) is 0 Å². The van der Waals surface area contributed by atoms with E-state index < -0.39 is 0 Å². The zero-order valence-corrected chi connectivity index (χ0v) is 7.78. The van der Waals surface area contributed by atoms with Crippen LogP contribution in [0.1, 0.15) is 18.7 Å². The zero-order valence-electron chi connectivity index (χ0n) is 7.78. The Hall–Kier alpha value is -0.930. The third-order valence-electron chi connectivity index (χ3n) is 1.58. The summed E-state index contributed by atoms with van der Waals surface area (Å²) in [6, 6.07) is 6.20. The van der Waals surface area contributed by atoms with Gasteiger partial charge in [-0.15, -0.1) is 0 Å². The minimum atomic E-state index is 0.265. The molecule has 0 spiro atoms. The third kappa shape index (κ3) is 2.60. The molecule has 0 radical (unpaired) electrons. The lowest BCUT2D eigenvalue weighted by molar-refractivity contribution is 0.249. The topological polar surface area (TPSA) is 28.2 Å². The van der Waals surface area contributed by atoms with Crippen LogP contribution in [0.5, 0.6) is 0 Å². The maximum absolute atomic E-state index is 4.24. The normalized spacial score (nSPS) is 13.3. The Balaban J connectivity index is 2.59. The minimum absolute atomic E-state index is 0.265. The molecule has 3 nitrogen and oxygen atoms in total. The summed E-state index contributed by atoms with van der Waals surface area (Å²) in [5, 5.41) is 1.93. The maximum Gasteiger partial charge on any atom is 0.0608 e. The summed E-state index contributed by atoms with van der Waals surface area (Å²) in [7, 11) is 3.94. The van der Waals surface area contributed by atoms with Gasteiger partial charge in [-0.1, -0.05) is 6.07 Å². The van der Waals surface area contributed by atoms with Gasteiger partial charge in [0.25, 0.3) is 0 Å². The first kappa shape index (κ1) is 9.16. The average molecular weight is 165 g/mol. The minimum Gasteiger partial charge on any atom is -0.260 e. The summed E-state index contributed by atoms with van der Waals surface area (Å²) in [5.74, 6) is 0. The predicted octanol–water partition coefficient (Wildman–Crippen LogP) is 1.21. The van der Waals surface area contributed by atoms with Crippen LogP contribution in [-0.2, 0) is 0 Å². The van der Waals surface area contributed by atoms with Crippen molar-refractivity contribution < 1.29 is 0 Å². The largest absolute Gasteiger partial charge is 0.260 e. The van der Waals surface area contributed by atoms with Crippen LogP contribution in [0.15, 0.2) is 24.4 Å². The number of hydrogen-bond donors (Lipinski definition) is 1. The van der Waals surface area contributed by atoms with Gasteiger partial charge in [-0.05, 0) is 19.1 Å². The number of nitrogens with zero attached hydrogens (tertiary/aromatic N) is 2. The van der Waals surface area contributed by atoms with Crippen molar-refractivity contribution >= 4 is 0 Å². The van der Waals surface area contributed by atoms with Crippen LogP contribution < -0.4 is 5.43 Å². The second-order valence-corrected chi connectivity index (χ2v) is 3.00. The number of rotatable bonds is 3. The fraction of sp³-hybridized carbons (Fsp3) is 0.444. The first-order chi connectivity index (χ1) is 5.70. The molecule has 1 unspecified atom stereocenters. The average Bonchev–Trinajstić information content (AvgIpc) is 2.05. The Morgan fingerprint density at radius 3 is 2.67 bits per heavy atom. The first-order valence-corrected chi connectivity index (χ1v) is 4.04. The van der Waals surface area contributed by atoms with Crippen molar-refractivity contribution in [3.63, 3.8) is 0 Å². The van der Waals surface area contributed by atoms with Gasteiger partial charge < -0.3 is 0 Å². The molecule has 1 heterocycles. The maximum atomic E-state index is 4.24. The molecule has 0 saturated carbocycles. The Morgan fingerprint density at radius 2 is 2.17 bits per heavy atom. The molecule has 0 aliphatic carbocycles. The Labute approximate surface area is 73.4 Å². The Bertz CT molecular complexity index is 220. The van der Waals surface area contributed by atoms with Crippen molar-refractivity contribution in [1.29, 1.82) is 0 Å². The second-order valence-electron chi connectivity index (χ2n) is 3.00. The molecule has 12 heavy (non-hydrogen) atoms. The van der Waals surface area contributed by atoms with Gasteiger partial charge in [-0.25, -0.2) is 10.4 Å². The number of nitrogens with one attached hydrogen (secondary N) is 1. The molecule has 0 aromatic carbocycles. The highest BCUT2D eigenvalue weighted by molar-refractivity contribution is 5.07. The molecular formula is C9H15N3. The quantitative estimate of drug-likeness (QED) is 0.682. The van der Waals surface area contributed by atoms with Crippen LogP contribution in [-0.4, -0.2) is 24.1 Å². The van der Waals surface area contributed by atoms with Crippen LogP contribution in [0, 0.1) is 0 Å². The lowest BCUT2D eigenvalue weighted by atomic mass is 10.2. The van der Waals surface area contributed by atoms with Crippen molar-refractivity contribution in [3.05, 3.63) is 30.1 Å². The molecule has 0 bridgehead atoms. The zero-order chi connectivity index (χ0) is 8.97. The summed E-state index contributed by atoms with van der Waals surface area (Å²) in [4.78, 5) is 4.24. The summed E-state index contributed by atoms with van der Waals surface area (Å²) >= 11 is 0. The number of aromatic nitrogens is 1. The van der Waals surface area contributed by atoms with Gasteiger partial charge in [-0.3, -0.25) is 4.98 Å². The van der Waals surface area contributed by atoms with E-state index in [9.17, 15) is 0 Å². The van der Waals surface area contributed by atoms with Gasteiger partial charge in [0, 0.05) is 20.3 Å². The van der Waals surface area contributed by atoms with Gasteiger partial charge in [0.2, 0.25) is 0 Å². The summed E-state index contributed by atoms with van der Waals surface area (Å²) in [6.07, 6.45) is 1.81. The SMILES string of the molecule is CC(NN(C)C)c1ccccn1. The van der Waals surface area contributed by atoms with E-state index >= 15 is 0 Å². The van der Waals surface area contributed by atoms with Crippen molar-refractivity contribution in [2.24, 2.45) is 0 Å². The van der Waals surface area contributed by atoms with Gasteiger partial charge in [0.1, 0.15) is 0 Å². The molecule has 1 aromatic heterocycles. The molecule has 0 aliphatic heterocycles. The van der Waals surface area contributed by atoms with Crippen LogP contribution >= 0.6 is 0 Å². The molecule has 1 N–H and O–H groups in total. The van der Waals surface area contributed by atoms with Gasteiger partial charge >= 0.3 is 0 Å². The summed E-state index contributed by atoms with van der Waals surface area (Å²) in [5.41, 5.74) is 4.29. The van der Waals surface area contributed by atoms with E-state index in [0.29, 0.717) is 0 Å². The Morgan fingerprint density at radius 1 is 1.42 bits per heavy atom. The third-order valence-corrected chi connectivity index (χ3v) is 1.58. The van der Waals surface area contributed by atoms with E-state index in [2.05, 4.69) is 17.3 Å². The van der Waals surface area contributed by atoms with E-state index in [0.717, 1.165) is 5.69 Å². The number of hydrazine groups is 1. The van der Waals surface area contributed by atoms with Gasteiger partial charge in [-0.2, -0.15) is 0 Å². The van der Waals surface area contributed by atoms with E-state index in [1.165, 1.54) is 0 Å². The van der Waals surface area contributed by atoms with E-state index in [-0.39, 0.29) is 6.04 Å². The smallest absolute Gasteiger partial charge is 0.0608 e. The molecular weight excluding hydrogens is 150 g/mol. The van der Waals surface area contributed by atoms with E-state index in [4.69, 9.17) is 0 Å². The highest BCUT2D eigenvalue weighted by Crippen LogP contribution is 2.06. The lowest BCUT2D eigenvalue weighted by Crippen LogP contribution is -2.33. The molecule has 0 aliphatic rings. The molecule has 3 heteroatoms. The van der Waals surface area contributed by atoms with E-state index in [1.54, 1.807) is 0 Å². The van der Waals surface area contributed by atoms with Gasteiger partial charge in [0.15, 0.2) is 0 Å². The van der Waals surface area contributed by atoms with Gasteiger partial charge in [0.05, 0.1) is 11.7 Å². The van der Waals surface area contributed by atoms with Crippen LogP contribution in [0.25, 0.3) is 0 Å². The monoisotopic (exact) mass is 165 g/mol. The Kier molecular flexibility index (Phi) is 3.19. The number of pyridine rings is 1. The number of hydrogen-bond acceptors (Lipinski definition) is 3. The fourth-order valence-corrected chi connectivity index (χ4v) is 1.09. The van der Waals surface area contributed by atoms with Crippen molar-refractivity contribution in [3.8, 4) is 0 Å². The molecule has 1 aromatic rings. The molecule has 0 amide bonds. The van der Waals surface area contributed by atoms with Crippen LogP contribution in [0.2, 0.25) is 0 Å². The molecule has 66 valence electrons. The molecule has 1 atom stereocenters. The summed E-state index contributed by atoms with van der Waals surface area (Å²) in [6.45, 7) is 2.09. The highest BCUT2D eigenvalue weighted by Gasteiger charge is 2.04. The fourth-order valence-electron chi connectivity index (χ4n) is 1.09.